The number of anilines is 2. The summed E-state index contributed by atoms with van der Waals surface area (Å²) < 4.78 is 113. The minimum absolute atomic E-state index is 0.0261. The Morgan fingerprint density at radius 2 is 1.61 bits per heavy atom. The van der Waals surface area contributed by atoms with Crippen molar-refractivity contribution < 1.29 is 39.5 Å². The Labute approximate surface area is 202 Å². The molecule has 192 valence electrons. The Kier molecular flexibility index (Phi) is 6.31. The van der Waals surface area contributed by atoms with E-state index in [2.05, 4.69) is 4.98 Å². The standard InChI is InChI=1S/C23H19F6N3O3S/c1-31(2)21-13-16(23(27,28)29)12-18(30-21)14-6-7-20-19(10-14)32(8-9-35-20)36(33,34)17-5-3-4-15(11-17)22(24,25)26/h3-7,10-13H,8-9H2,1-2H3. The highest BCUT2D eigenvalue weighted by Crippen LogP contribution is 2.40. The third-order valence-corrected chi connectivity index (χ3v) is 7.23. The molecule has 0 spiro atoms. The zero-order valence-electron chi connectivity index (χ0n) is 18.9. The molecule has 2 heterocycles. The summed E-state index contributed by atoms with van der Waals surface area (Å²) in [5.41, 5.74) is -2.01. The van der Waals surface area contributed by atoms with Crippen LogP contribution in [0.15, 0.2) is 59.5 Å². The van der Waals surface area contributed by atoms with E-state index >= 15 is 0 Å². The summed E-state index contributed by atoms with van der Waals surface area (Å²) in [7, 11) is -1.42. The van der Waals surface area contributed by atoms with E-state index in [1.165, 1.54) is 37.2 Å². The molecule has 0 saturated heterocycles. The van der Waals surface area contributed by atoms with E-state index in [9.17, 15) is 34.8 Å². The van der Waals surface area contributed by atoms with Crippen molar-refractivity contribution in [3.05, 3.63) is 65.7 Å². The highest BCUT2D eigenvalue weighted by atomic mass is 32.2. The average Bonchev–Trinajstić information content (AvgIpc) is 2.82. The van der Waals surface area contributed by atoms with Gasteiger partial charge in [0.15, 0.2) is 0 Å². The SMILES string of the molecule is CN(C)c1cc(C(F)(F)F)cc(-c2ccc3c(c2)N(S(=O)(=O)c2cccc(C(F)(F)F)c2)CCO3)n1. The molecule has 1 aliphatic rings. The van der Waals surface area contributed by atoms with Gasteiger partial charge in [0.25, 0.3) is 10.0 Å². The van der Waals surface area contributed by atoms with Crippen molar-refractivity contribution in [1.29, 1.82) is 0 Å². The van der Waals surface area contributed by atoms with Crippen molar-refractivity contribution in [3.63, 3.8) is 0 Å². The smallest absolute Gasteiger partial charge is 0.416 e. The van der Waals surface area contributed by atoms with Crippen LogP contribution in [-0.4, -0.2) is 40.6 Å². The molecule has 0 amide bonds. The maximum atomic E-state index is 13.5. The van der Waals surface area contributed by atoms with Gasteiger partial charge in [0, 0.05) is 19.7 Å². The van der Waals surface area contributed by atoms with Gasteiger partial charge in [-0.3, -0.25) is 4.31 Å². The predicted octanol–water partition coefficient (Wildman–Crippen LogP) is 5.44. The number of aromatic nitrogens is 1. The predicted molar refractivity (Wildman–Crippen MR) is 120 cm³/mol. The van der Waals surface area contributed by atoms with E-state index in [-0.39, 0.29) is 41.7 Å². The number of hydrogen-bond acceptors (Lipinski definition) is 5. The van der Waals surface area contributed by atoms with Gasteiger partial charge in [0.1, 0.15) is 18.2 Å². The van der Waals surface area contributed by atoms with E-state index in [1.807, 2.05) is 0 Å². The quantitative estimate of drug-likeness (QED) is 0.420. The van der Waals surface area contributed by atoms with Gasteiger partial charge in [-0.15, -0.1) is 0 Å². The molecule has 13 heteroatoms. The van der Waals surface area contributed by atoms with E-state index in [1.54, 1.807) is 0 Å². The molecule has 0 saturated carbocycles. The monoisotopic (exact) mass is 531 g/mol. The molecule has 0 unspecified atom stereocenters. The maximum absolute atomic E-state index is 13.5. The van der Waals surface area contributed by atoms with E-state index in [0.29, 0.717) is 6.07 Å². The number of hydrogen-bond donors (Lipinski definition) is 0. The van der Waals surface area contributed by atoms with Crippen LogP contribution in [0.25, 0.3) is 11.3 Å². The van der Waals surface area contributed by atoms with Crippen molar-refractivity contribution >= 4 is 21.5 Å². The lowest BCUT2D eigenvalue weighted by Gasteiger charge is -2.31. The number of rotatable bonds is 4. The van der Waals surface area contributed by atoms with Crippen molar-refractivity contribution in [2.45, 2.75) is 17.2 Å². The third-order valence-electron chi connectivity index (χ3n) is 5.42. The Balaban J connectivity index is 1.83. The number of nitrogens with zero attached hydrogens (tertiary/aromatic N) is 3. The van der Waals surface area contributed by atoms with Gasteiger partial charge in [-0.1, -0.05) is 6.07 Å². The van der Waals surface area contributed by atoms with E-state index in [4.69, 9.17) is 4.74 Å². The number of halogens is 6. The first-order chi connectivity index (χ1) is 16.7. The van der Waals surface area contributed by atoms with Gasteiger partial charge < -0.3 is 9.64 Å². The molecule has 1 aromatic heterocycles. The first-order valence-corrected chi connectivity index (χ1v) is 11.9. The van der Waals surface area contributed by atoms with Crippen LogP contribution in [0.1, 0.15) is 11.1 Å². The fourth-order valence-electron chi connectivity index (χ4n) is 3.62. The lowest BCUT2D eigenvalue weighted by Crippen LogP contribution is -2.38. The van der Waals surface area contributed by atoms with Crippen LogP contribution in [0.4, 0.5) is 37.8 Å². The molecule has 4 rings (SSSR count). The first-order valence-electron chi connectivity index (χ1n) is 10.4. The topological polar surface area (TPSA) is 62.7 Å². The summed E-state index contributed by atoms with van der Waals surface area (Å²) in [6.07, 6.45) is -9.40. The molecule has 36 heavy (non-hydrogen) atoms. The minimum Gasteiger partial charge on any atom is -0.489 e. The Morgan fingerprint density at radius 1 is 0.917 bits per heavy atom. The lowest BCUT2D eigenvalue weighted by molar-refractivity contribution is -0.138. The van der Waals surface area contributed by atoms with Crippen LogP contribution >= 0.6 is 0 Å². The summed E-state index contributed by atoms with van der Waals surface area (Å²) in [5.74, 6) is 0.141. The number of sulfonamides is 1. The van der Waals surface area contributed by atoms with Crippen LogP contribution in [0, 0.1) is 0 Å². The Morgan fingerprint density at radius 3 is 2.25 bits per heavy atom. The Bertz CT molecular complexity index is 1400. The number of pyridine rings is 1. The number of alkyl halides is 6. The number of benzene rings is 2. The van der Waals surface area contributed by atoms with Crippen LogP contribution in [0.5, 0.6) is 5.75 Å². The molecule has 0 N–H and O–H groups in total. The molecule has 0 bridgehead atoms. The number of ether oxygens (including phenoxy) is 1. The summed E-state index contributed by atoms with van der Waals surface area (Å²) in [5, 5.41) is 0. The van der Waals surface area contributed by atoms with Gasteiger partial charge >= 0.3 is 12.4 Å². The zero-order chi connectivity index (χ0) is 26.5. The van der Waals surface area contributed by atoms with E-state index < -0.39 is 38.4 Å². The molecule has 3 aromatic rings. The van der Waals surface area contributed by atoms with E-state index in [0.717, 1.165) is 34.6 Å². The first kappa shape index (κ1) is 25.6. The van der Waals surface area contributed by atoms with Gasteiger partial charge in [0.05, 0.1) is 33.9 Å². The summed E-state index contributed by atoms with van der Waals surface area (Å²) >= 11 is 0. The molecule has 0 fully saturated rings. The largest absolute Gasteiger partial charge is 0.489 e. The zero-order valence-corrected chi connectivity index (χ0v) is 19.7. The van der Waals surface area contributed by atoms with Crippen molar-refractivity contribution in [2.75, 3.05) is 36.5 Å². The fourth-order valence-corrected chi connectivity index (χ4v) is 5.12. The van der Waals surface area contributed by atoms with Crippen LogP contribution in [-0.2, 0) is 22.4 Å². The summed E-state index contributed by atoms with van der Waals surface area (Å²) in [6.45, 7) is -0.287. The lowest BCUT2D eigenvalue weighted by atomic mass is 10.1. The van der Waals surface area contributed by atoms with Gasteiger partial charge in [-0.2, -0.15) is 26.3 Å². The van der Waals surface area contributed by atoms with Crippen molar-refractivity contribution in [3.8, 4) is 17.0 Å². The molecule has 0 atom stereocenters. The minimum atomic E-state index is -4.75. The van der Waals surface area contributed by atoms with Gasteiger partial charge in [-0.25, -0.2) is 13.4 Å². The second kappa shape index (κ2) is 8.87. The van der Waals surface area contributed by atoms with Gasteiger partial charge in [0.2, 0.25) is 0 Å². The highest BCUT2D eigenvalue weighted by Gasteiger charge is 2.35. The summed E-state index contributed by atoms with van der Waals surface area (Å²) in [4.78, 5) is 5.05. The van der Waals surface area contributed by atoms with Gasteiger partial charge in [-0.05, 0) is 48.5 Å². The molecule has 1 aliphatic heterocycles. The van der Waals surface area contributed by atoms with Crippen molar-refractivity contribution in [2.24, 2.45) is 0 Å². The molecular formula is C23H19F6N3O3S. The Hall–Kier alpha value is -3.48. The average molecular weight is 531 g/mol. The molecular weight excluding hydrogens is 512 g/mol. The fraction of sp³-hybridized carbons (Fsp3) is 0.261. The molecule has 0 aliphatic carbocycles. The molecule has 0 radical (unpaired) electrons. The molecule has 2 aromatic carbocycles. The maximum Gasteiger partial charge on any atom is 0.416 e. The summed E-state index contributed by atoms with van der Waals surface area (Å²) in [6, 6.07) is 9.15. The normalized spacial score (nSPS) is 14.3. The molecule has 6 nitrogen and oxygen atoms in total. The third kappa shape index (κ3) is 4.92. The van der Waals surface area contributed by atoms with Crippen LogP contribution in [0.2, 0.25) is 0 Å². The van der Waals surface area contributed by atoms with Crippen LogP contribution < -0.4 is 13.9 Å². The second-order valence-electron chi connectivity index (χ2n) is 8.13. The highest BCUT2D eigenvalue weighted by molar-refractivity contribution is 7.92. The number of fused-ring (bicyclic) bond motifs is 1. The van der Waals surface area contributed by atoms with Crippen LogP contribution in [0.3, 0.4) is 0 Å². The second-order valence-corrected chi connectivity index (χ2v) is 9.99. The van der Waals surface area contributed by atoms with Crippen molar-refractivity contribution in [1.82, 2.24) is 4.98 Å².